The summed E-state index contributed by atoms with van der Waals surface area (Å²) in [5.74, 6) is 0.0947. The fourth-order valence-corrected chi connectivity index (χ4v) is 1.75. The van der Waals surface area contributed by atoms with Gasteiger partial charge in [0.2, 0.25) is 0 Å². The first-order valence-corrected chi connectivity index (χ1v) is 5.35. The van der Waals surface area contributed by atoms with Crippen LogP contribution in [0.2, 0.25) is 0 Å². The van der Waals surface area contributed by atoms with Crippen LogP contribution >= 0.6 is 0 Å². The number of phenols is 1. The second-order valence-corrected chi connectivity index (χ2v) is 4.17. The number of phenolic OH excluding ortho intramolecular Hbond substituents is 1. The van der Waals surface area contributed by atoms with E-state index in [1.165, 1.54) is 0 Å². The minimum atomic E-state index is -0.0990. The van der Waals surface area contributed by atoms with E-state index in [0.717, 1.165) is 18.4 Å². The van der Waals surface area contributed by atoms with E-state index in [1.54, 1.807) is 18.2 Å². The van der Waals surface area contributed by atoms with Crippen LogP contribution in [0.1, 0.15) is 23.3 Å². The van der Waals surface area contributed by atoms with Crippen molar-refractivity contribution in [2.45, 2.75) is 18.9 Å². The van der Waals surface area contributed by atoms with Gasteiger partial charge >= 0.3 is 0 Å². The minimum Gasteiger partial charge on any atom is -0.507 e. The first-order valence-electron chi connectivity index (χ1n) is 5.35. The molecule has 0 aliphatic heterocycles. The average Bonchev–Trinajstić information content (AvgIpc) is 2.95. The van der Waals surface area contributed by atoms with Crippen molar-refractivity contribution >= 4 is 16.8 Å². The Morgan fingerprint density at radius 3 is 2.94 bits per heavy atom. The quantitative estimate of drug-likeness (QED) is 0.716. The SMILES string of the molecule is O=C(NC1CC1)c1cc2c(O)cccc2[nH]1. The molecule has 0 atom stereocenters. The van der Waals surface area contributed by atoms with Gasteiger partial charge in [0.05, 0.1) is 0 Å². The van der Waals surface area contributed by atoms with E-state index < -0.39 is 0 Å². The van der Waals surface area contributed by atoms with Crippen LogP contribution in [0.3, 0.4) is 0 Å². The van der Waals surface area contributed by atoms with E-state index in [-0.39, 0.29) is 11.7 Å². The van der Waals surface area contributed by atoms with Crippen molar-refractivity contribution in [2.24, 2.45) is 0 Å². The molecule has 2 aromatic rings. The Balaban J connectivity index is 1.97. The molecule has 1 aliphatic rings. The predicted octanol–water partition coefficient (Wildman–Crippen LogP) is 1.77. The average molecular weight is 216 g/mol. The Morgan fingerprint density at radius 2 is 2.25 bits per heavy atom. The van der Waals surface area contributed by atoms with Gasteiger partial charge in [0.1, 0.15) is 11.4 Å². The number of hydrogen-bond donors (Lipinski definition) is 3. The van der Waals surface area contributed by atoms with E-state index in [0.29, 0.717) is 17.1 Å². The van der Waals surface area contributed by atoms with Crippen LogP contribution in [0.25, 0.3) is 10.9 Å². The van der Waals surface area contributed by atoms with Crippen molar-refractivity contribution in [3.63, 3.8) is 0 Å². The Kier molecular flexibility index (Phi) is 1.89. The fourth-order valence-electron chi connectivity index (χ4n) is 1.75. The third-order valence-electron chi connectivity index (χ3n) is 2.80. The standard InChI is InChI=1S/C12H12N2O2/c15-11-3-1-2-9-8(11)6-10(14-9)12(16)13-7-4-5-7/h1-3,6-7,14-15H,4-5H2,(H,13,16). The number of aromatic amines is 1. The number of aromatic nitrogens is 1. The Morgan fingerprint density at radius 1 is 1.44 bits per heavy atom. The molecule has 1 aromatic heterocycles. The number of nitrogens with one attached hydrogen (secondary N) is 2. The number of aromatic hydroxyl groups is 1. The molecule has 4 heteroatoms. The second-order valence-electron chi connectivity index (χ2n) is 4.17. The number of fused-ring (bicyclic) bond motifs is 1. The molecule has 1 amide bonds. The van der Waals surface area contributed by atoms with Crippen LogP contribution in [0.5, 0.6) is 5.75 Å². The van der Waals surface area contributed by atoms with Gasteiger partial charge in [-0.05, 0) is 31.0 Å². The molecule has 1 heterocycles. The maximum atomic E-state index is 11.8. The summed E-state index contributed by atoms with van der Waals surface area (Å²) in [4.78, 5) is 14.7. The van der Waals surface area contributed by atoms with Crippen molar-refractivity contribution in [1.29, 1.82) is 0 Å². The van der Waals surface area contributed by atoms with E-state index >= 15 is 0 Å². The second kappa shape index (κ2) is 3.27. The maximum Gasteiger partial charge on any atom is 0.267 e. The third kappa shape index (κ3) is 1.52. The number of hydrogen-bond acceptors (Lipinski definition) is 2. The van der Waals surface area contributed by atoms with Crippen LogP contribution in [-0.4, -0.2) is 22.0 Å². The molecular formula is C12H12N2O2. The molecule has 1 fully saturated rings. The zero-order valence-electron chi connectivity index (χ0n) is 8.66. The molecule has 0 unspecified atom stereocenters. The van der Waals surface area contributed by atoms with E-state index in [4.69, 9.17) is 0 Å². The van der Waals surface area contributed by atoms with Gasteiger partial charge in [0.25, 0.3) is 5.91 Å². The lowest BCUT2D eigenvalue weighted by Gasteiger charge is -1.98. The molecule has 0 spiro atoms. The number of amides is 1. The molecule has 1 aromatic carbocycles. The minimum absolute atomic E-state index is 0.0990. The summed E-state index contributed by atoms with van der Waals surface area (Å²) in [5, 5.41) is 13.2. The predicted molar refractivity (Wildman–Crippen MR) is 60.5 cm³/mol. The summed E-state index contributed by atoms with van der Waals surface area (Å²) >= 11 is 0. The summed E-state index contributed by atoms with van der Waals surface area (Å²) in [6.45, 7) is 0. The zero-order valence-corrected chi connectivity index (χ0v) is 8.66. The largest absolute Gasteiger partial charge is 0.507 e. The molecule has 0 bridgehead atoms. The van der Waals surface area contributed by atoms with Crippen molar-refractivity contribution in [2.75, 3.05) is 0 Å². The third-order valence-corrected chi connectivity index (χ3v) is 2.80. The molecule has 3 N–H and O–H groups in total. The van der Waals surface area contributed by atoms with Gasteiger partial charge in [-0.2, -0.15) is 0 Å². The van der Waals surface area contributed by atoms with E-state index in [9.17, 15) is 9.90 Å². The number of benzene rings is 1. The molecule has 3 rings (SSSR count). The van der Waals surface area contributed by atoms with Crippen LogP contribution in [-0.2, 0) is 0 Å². The van der Waals surface area contributed by atoms with Gasteiger partial charge in [-0.25, -0.2) is 0 Å². The summed E-state index contributed by atoms with van der Waals surface area (Å²) < 4.78 is 0. The van der Waals surface area contributed by atoms with Crippen LogP contribution in [0.4, 0.5) is 0 Å². The summed E-state index contributed by atoms with van der Waals surface area (Å²) in [6.07, 6.45) is 2.13. The number of rotatable bonds is 2. The van der Waals surface area contributed by atoms with Gasteiger partial charge < -0.3 is 15.4 Å². The molecule has 0 saturated heterocycles. The molecule has 16 heavy (non-hydrogen) atoms. The molecule has 82 valence electrons. The highest BCUT2D eigenvalue weighted by atomic mass is 16.3. The van der Waals surface area contributed by atoms with Crippen LogP contribution < -0.4 is 5.32 Å². The highest BCUT2D eigenvalue weighted by Crippen LogP contribution is 2.25. The van der Waals surface area contributed by atoms with E-state index in [2.05, 4.69) is 10.3 Å². The molecule has 1 saturated carbocycles. The summed E-state index contributed by atoms with van der Waals surface area (Å²) in [7, 11) is 0. The highest BCUT2D eigenvalue weighted by Gasteiger charge is 2.24. The van der Waals surface area contributed by atoms with Crippen LogP contribution in [0, 0.1) is 0 Å². The topological polar surface area (TPSA) is 65.1 Å². The monoisotopic (exact) mass is 216 g/mol. The smallest absolute Gasteiger partial charge is 0.267 e. The van der Waals surface area contributed by atoms with Gasteiger partial charge in [-0.1, -0.05) is 6.07 Å². The number of carbonyl (C=O) groups excluding carboxylic acids is 1. The lowest BCUT2D eigenvalue weighted by atomic mass is 10.2. The van der Waals surface area contributed by atoms with Crippen molar-refractivity contribution in [1.82, 2.24) is 10.3 Å². The van der Waals surface area contributed by atoms with Gasteiger partial charge in [-0.15, -0.1) is 0 Å². The van der Waals surface area contributed by atoms with Gasteiger partial charge in [-0.3, -0.25) is 4.79 Å². The number of H-pyrrole nitrogens is 1. The maximum absolute atomic E-state index is 11.8. The fraction of sp³-hybridized carbons (Fsp3) is 0.250. The summed E-state index contributed by atoms with van der Waals surface area (Å²) in [5.41, 5.74) is 1.28. The molecule has 1 aliphatic carbocycles. The van der Waals surface area contributed by atoms with Crippen molar-refractivity contribution in [3.05, 3.63) is 30.0 Å². The first kappa shape index (κ1) is 9.27. The van der Waals surface area contributed by atoms with Crippen molar-refractivity contribution in [3.8, 4) is 5.75 Å². The normalized spacial score (nSPS) is 15.2. The Bertz CT molecular complexity index is 555. The summed E-state index contributed by atoms with van der Waals surface area (Å²) in [6, 6.07) is 7.22. The lowest BCUT2D eigenvalue weighted by Crippen LogP contribution is -2.25. The van der Waals surface area contributed by atoms with Gasteiger partial charge in [0, 0.05) is 16.9 Å². The molecular weight excluding hydrogens is 204 g/mol. The number of carbonyl (C=O) groups is 1. The Hall–Kier alpha value is -1.97. The molecule has 0 radical (unpaired) electrons. The van der Waals surface area contributed by atoms with Gasteiger partial charge in [0.15, 0.2) is 0 Å². The van der Waals surface area contributed by atoms with Crippen LogP contribution in [0.15, 0.2) is 24.3 Å². The van der Waals surface area contributed by atoms with Crippen molar-refractivity contribution < 1.29 is 9.90 Å². The first-order chi connectivity index (χ1) is 7.74. The van der Waals surface area contributed by atoms with E-state index in [1.807, 2.05) is 6.07 Å². The Labute approximate surface area is 92.3 Å². The zero-order chi connectivity index (χ0) is 11.1. The lowest BCUT2D eigenvalue weighted by molar-refractivity contribution is 0.0947. The highest BCUT2D eigenvalue weighted by molar-refractivity contribution is 5.99. The molecule has 4 nitrogen and oxygen atoms in total.